The lowest BCUT2D eigenvalue weighted by molar-refractivity contribution is -0.130. The van der Waals surface area contributed by atoms with E-state index in [0.717, 1.165) is 6.26 Å². The molecule has 0 atom stereocenters. The maximum absolute atomic E-state index is 11.5. The third-order valence-electron chi connectivity index (χ3n) is 2.05. The van der Waals surface area contributed by atoms with Crippen molar-refractivity contribution in [1.29, 1.82) is 0 Å². The summed E-state index contributed by atoms with van der Waals surface area (Å²) in [7, 11) is -1.47. The molecule has 6 nitrogen and oxygen atoms in total. The summed E-state index contributed by atoms with van der Waals surface area (Å²) in [4.78, 5) is 19.8. The minimum Gasteiger partial charge on any atom is -0.347 e. The summed E-state index contributed by atoms with van der Waals surface area (Å²) in [6.07, 6.45) is 4.40. The molecule has 1 amide bonds. The second-order valence-corrected chi connectivity index (χ2v) is 5.93. The van der Waals surface area contributed by atoms with Gasteiger partial charge in [0, 0.05) is 32.1 Å². The highest BCUT2D eigenvalue weighted by Gasteiger charge is 2.13. The van der Waals surface area contributed by atoms with Gasteiger partial charge in [-0.2, -0.15) is 0 Å². The van der Waals surface area contributed by atoms with Crippen molar-refractivity contribution in [3.63, 3.8) is 0 Å². The summed E-state index contributed by atoms with van der Waals surface area (Å²) in [6, 6.07) is 0. The van der Waals surface area contributed by atoms with Gasteiger partial charge in [0.2, 0.25) is 5.91 Å². The number of nitrogens with one attached hydrogen (secondary N) is 1. The molecule has 1 rings (SSSR count). The number of sulfone groups is 1. The van der Waals surface area contributed by atoms with Crippen molar-refractivity contribution in [2.24, 2.45) is 0 Å². The highest BCUT2D eigenvalue weighted by molar-refractivity contribution is 7.90. The number of carbonyl (C=O) groups is 1. The fourth-order valence-electron chi connectivity index (χ4n) is 1.16. The van der Waals surface area contributed by atoms with Crippen molar-refractivity contribution < 1.29 is 13.2 Å². The minimum atomic E-state index is -3.09. The van der Waals surface area contributed by atoms with Gasteiger partial charge < -0.3 is 9.88 Å². The molecule has 90 valence electrons. The van der Waals surface area contributed by atoms with Crippen LogP contribution in [0.5, 0.6) is 0 Å². The molecule has 7 heteroatoms. The number of aromatic nitrogens is 2. The van der Waals surface area contributed by atoms with Crippen molar-refractivity contribution in [1.82, 2.24) is 14.9 Å². The highest BCUT2D eigenvalue weighted by Crippen LogP contribution is 2.00. The molecule has 0 radical (unpaired) electrons. The predicted octanol–water partition coefficient (Wildman–Crippen LogP) is -0.197. The average Bonchev–Trinajstić information content (AvgIpc) is 2.65. The molecule has 1 heterocycles. The summed E-state index contributed by atoms with van der Waals surface area (Å²) in [5, 5.41) is 0. The van der Waals surface area contributed by atoms with Crippen LogP contribution >= 0.6 is 0 Å². The third-order valence-corrected chi connectivity index (χ3v) is 3.00. The second kappa shape index (κ2) is 5.11. The third kappa shape index (κ3) is 4.43. The van der Waals surface area contributed by atoms with Gasteiger partial charge in [0.15, 0.2) is 0 Å². The molecule has 1 N–H and O–H groups in total. The molecule has 0 bridgehead atoms. The molecule has 0 aromatic carbocycles. The molecule has 1 aromatic rings. The summed E-state index contributed by atoms with van der Waals surface area (Å²) >= 11 is 0. The van der Waals surface area contributed by atoms with Crippen LogP contribution in [0.3, 0.4) is 0 Å². The Hall–Kier alpha value is -1.37. The molecule has 0 aliphatic rings. The molecule has 0 aliphatic heterocycles. The van der Waals surface area contributed by atoms with Crippen LogP contribution in [0.2, 0.25) is 0 Å². The quantitative estimate of drug-likeness (QED) is 0.779. The zero-order valence-electron chi connectivity index (χ0n) is 9.30. The van der Waals surface area contributed by atoms with Crippen molar-refractivity contribution in [3.05, 3.63) is 18.2 Å². The van der Waals surface area contributed by atoms with E-state index in [1.54, 1.807) is 19.4 Å². The first kappa shape index (κ1) is 12.7. The fraction of sp³-hybridized carbons (Fsp3) is 0.556. The highest BCUT2D eigenvalue weighted by atomic mass is 32.2. The second-order valence-electron chi connectivity index (χ2n) is 3.67. The smallest absolute Gasteiger partial charge is 0.223 e. The molecule has 0 saturated heterocycles. The van der Waals surface area contributed by atoms with E-state index in [4.69, 9.17) is 0 Å². The molecule has 0 saturated carbocycles. The van der Waals surface area contributed by atoms with Crippen molar-refractivity contribution in [2.45, 2.75) is 13.0 Å². The maximum Gasteiger partial charge on any atom is 0.223 e. The zero-order valence-corrected chi connectivity index (χ0v) is 10.1. The summed E-state index contributed by atoms with van der Waals surface area (Å²) < 4.78 is 21.8. The molecule has 0 fully saturated rings. The number of hydrogen-bond acceptors (Lipinski definition) is 4. The largest absolute Gasteiger partial charge is 0.347 e. The van der Waals surface area contributed by atoms with Gasteiger partial charge in [-0.3, -0.25) is 4.79 Å². The number of hydrogen-bond donors (Lipinski definition) is 1. The van der Waals surface area contributed by atoms with Crippen LogP contribution in [0.1, 0.15) is 12.2 Å². The Morgan fingerprint density at radius 2 is 2.25 bits per heavy atom. The first-order chi connectivity index (χ1) is 7.38. The van der Waals surface area contributed by atoms with E-state index in [1.807, 2.05) is 0 Å². The van der Waals surface area contributed by atoms with Gasteiger partial charge in [0.05, 0.1) is 12.3 Å². The number of carbonyl (C=O) groups excluding carboxylic acids is 1. The molecule has 0 spiro atoms. The van der Waals surface area contributed by atoms with Crippen LogP contribution in [0.15, 0.2) is 12.4 Å². The number of amides is 1. The Morgan fingerprint density at radius 1 is 1.56 bits per heavy atom. The molecule has 16 heavy (non-hydrogen) atoms. The predicted molar refractivity (Wildman–Crippen MR) is 59.4 cm³/mol. The van der Waals surface area contributed by atoms with Crippen LogP contribution in [-0.2, 0) is 21.2 Å². The number of nitrogens with zero attached hydrogens (tertiary/aromatic N) is 2. The molecular weight excluding hydrogens is 230 g/mol. The van der Waals surface area contributed by atoms with Crippen LogP contribution in [0.25, 0.3) is 0 Å². The van der Waals surface area contributed by atoms with E-state index in [2.05, 4.69) is 9.97 Å². The Morgan fingerprint density at radius 3 is 2.75 bits per heavy atom. The van der Waals surface area contributed by atoms with Crippen LogP contribution < -0.4 is 0 Å². The summed E-state index contributed by atoms with van der Waals surface area (Å²) in [5.41, 5.74) is 0. The SMILES string of the molecule is CN(Cc1ncc[nH]1)C(=O)CCS(C)(=O)=O. The lowest BCUT2D eigenvalue weighted by Crippen LogP contribution is -2.28. The van der Waals surface area contributed by atoms with Crippen LogP contribution in [0.4, 0.5) is 0 Å². The normalized spacial score (nSPS) is 11.4. The summed E-state index contributed by atoms with van der Waals surface area (Å²) in [5.74, 6) is 0.353. The van der Waals surface area contributed by atoms with E-state index < -0.39 is 9.84 Å². The molecular formula is C9H15N3O3S. The van der Waals surface area contributed by atoms with Gasteiger partial charge >= 0.3 is 0 Å². The van der Waals surface area contributed by atoms with Crippen LogP contribution in [-0.4, -0.2) is 48.2 Å². The van der Waals surface area contributed by atoms with Crippen LogP contribution in [0, 0.1) is 0 Å². The van der Waals surface area contributed by atoms with E-state index in [1.165, 1.54) is 4.90 Å². The summed E-state index contributed by atoms with van der Waals surface area (Å²) in [6.45, 7) is 0.357. The van der Waals surface area contributed by atoms with E-state index in [-0.39, 0.29) is 18.1 Å². The fourth-order valence-corrected chi connectivity index (χ4v) is 1.71. The van der Waals surface area contributed by atoms with Gasteiger partial charge in [-0.15, -0.1) is 0 Å². The first-order valence-electron chi connectivity index (χ1n) is 4.78. The van der Waals surface area contributed by atoms with Crippen molar-refractivity contribution >= 4 is 15.7 Å². The number of rotatable bonds is 5. The van der Waals surface area contributed by atoms with Crippen molar-refractivity contribution in [3.8, 4) is 0 Å². The Balaban J connectivity index is 2.42. The number of imidazole rings is 1. The monoisotopic (exact) mass is 245 g/mol. The van der Waals surface area contributed by atoms with Gasteiger partial charge in [-0.25, -0.2) is 13.4 Å². The number of H-pyrrole nitrogens is 1. The maximum atomic E-state index is 11.5. The first-order valence-corrected chi connectivity index (χ1v) is 6.84. The lowest BCUT2D eigenvalue weighted by atomic mass is 10.4. The van der Waals surface area contributed by atoms with Gasteiger partial charge in [0.1, 0.15) is 15.7 Å². The lowest BCUT2D eigenvalue weighted by Gasteiger charge is -2.15. The molecule has 0 aliphatic carbocycles. The Labute approximate surface area is 94.6 Å². The standard InChI is InChI=1S/C9H15N3O3S/c1-12(7-8-10-4-5-11-8)9(13)3-6-16(2,14)15/h4-5H,3,6-7H2,1-2H3,(H,10,11). The minimum absolute atomic E-state index is 0.00996. The zero-order chi connectivity index (χ0) is 12.2. The number of aromatic amines is 1. The van der Waals surface area contributed by atoms with E-state index >= 15 is 0 Å². The Bertz CT molecular complexity index is 439. The van der Waals surface area contributed by atoms with Gasteiger partial charge in [-0.1, -0.05) is 0 Å². The average molecular weight is 245 g/mol. The van der Waals surface area contributed by atoms with E-state index in [9.17, 15) is 13.2 Å². The molecule has 0 unspecified atom stereocenters. The Kier molecular flexibility index (Phi) is 4.05. The van der Waals surface area contributed by atoms with Gasteiger partial charge in [0.25, 0.3) is 0 Å². The topological polar surface area (TPSA) is 83.1 Å². The molecule has 1 aromatic heterocycles. The van der Waals surface area contributed by atoms with Gasteiger partial charge in [-0.05, 0) is 0 Å². The van der Waals surface area contributed by atoms with Crippen molar-refractivity contribution in [2.75, 3.05) is 19.1 Å². The van der Waals surface area contributed by atoms with E-state index in [0.29, 0.717) is 12.4 Å².